The van der Waals surface area contributed by atoms with Gasteiger partial charge >= 0.3 is 8.56 Å². The van der Waals surface area contributed by atoms with Crippen molar-refractivity contribution in [1.82, 2.24) is 0 Å². The maximum absolute atomic E-state index is 5.50. The summed E-state index contributed by atoms with van der Waals surface area (Å²) in [5.74, 6) is 0. The van der Waals surface area contributed by atoms with E-state index in [2.05, 4.69) is 37.8 Å². The second-order valence-corrected chi connectivity index (χ2v) is 7.74. The third-order valence-electron chi connectivity index (χ3n) is 3.01. The molecule has 0 bridgehead atoms. The van der Waals surface area contributed by atoms with Crippen molar-refractivity contribution in [1.29, 1.82) is 0 Å². The summed E-state index contributed by atoms with van der Waals surface area (Å²) in [4.78, 5) is 0. The molecular weight excluding hydrogens is 216 g/mol. The molecule has 0 N–H and O–H groups in total. The maximum atomic E-state index is 5.50. The zero-order valence-electron chi connectivity index (χ0n) is 10.4. The van der Waals surface area contributed by atoms with Crippen LogP contribution in [0.25, 0.3) is 6.08 Å². The molecule has 16 heavy (non-hydrogen) atoms. The van der Waals surface area contributed by atoms with Crippen molar-refractivity contribution in [2.45, 2.75) is 19.0 Å². The predicted molar refractivity (Wildman–Crippen MR) is 70.5 cm³/mol. The molecule has 0 spiro atoms. The Morgan fingerprint density at radius 3 is 2.19 bits per heavy atom. The quantitative estimate of drug-likeness (QED) is 0.729. The Labute approximate surface area is 99.2 Å². The van der Waals surface area contributed by atoms with Crippen molar-refractivity contribution in [2.24, 2.45) is 0 Å². The van der Waals surface area contributed by atoms with Crippen LogP contribution in [0.1, 0.15) is 12.5 Å². The van der Waals surface area contributed by atoms with Gasteiger partial charge in [0.2, 0.25) is 0 Å². The fourth-order valence-corrected chi connectivity index (χ4v) is 2.81. The van der Waals surface area contributed by atoms with Gasteiger partial charge in [0.1, 0.15) is 0 Å². The van der Waals surface area contributed by atoms with E-state index in [0.29, 0.717) is 5.54 Å². The minimum atomic E-state index is -2.04. The van der Waals surface area contributed by atoms with Gasteiger partial charge in [0.25, 0.3) is 0 Å². The van der Waals surface area contributed by atoms with Gasteiger partial charge in [-0.3, -0.25) is 0 Å². The standard InChI is InChI=1S/C13H20O2Si/c1-12(16(4,14-2)15-3)10-11-13-8-6-5-7-9-13/h5-12H,1-4H3. The third kappa shape index (κ3) is 3.30. The second-order valence-electron chi connectivity index (χ2n) is 3.98. The van der Waals surface area contributed by atoms with Crippen molar-refractivity contribution in [2.75, 3.05) is 14.2 Å². The molecule has 0 fully saturated rings. The van der Waals surface area contributed by atoms with Crippen LogP contribution < -0.4 is 0 Å². The summed E-state index contributed by atoms with van der Waals surface area (Å²) < 4.78 is 11.0. The molecule has 88 valence electrons. The van der Waals surface area contributed by atoms with Crippen LogP contribution in [0.3, 0.4) is 0 Å². The average Bonchev–Trinajstić information content (AvgIpc) is 2.36. The molecule has 0 saturated heterocycles. The normalized spacial score (nSPS) is 14.2. The molecule has 1 aromatic rings. The molecule has 1 rings (SSSR count). The molecular formula is C13H20O2Si. The number of hydrogen-bond acceptors (Lipinski definition) is 2. The predicted octanol–water partition coefficient (Wildman–Crippen LogP) is 3.45. The van der Waals surface area contributed by atoms with E-state index < -0.39 is 8.56 Å². The lowest BCUT2D eigenvalue weighted by molar-refractivity contribution is 0.244. The highest BCUT2D eigenvalue weighted by Crippen LogP contribution is 2.24. The molecule has 3 heteroatoms. The molecule has 0 aliphatic heterocycles. The Hall–Kier alpha value is -0.903. The summed E-state index contributed by atoms with van der Waals surface area (Å²) in [6.45, 7) is 4.21. The Morgan fingerprint density at radius 1 is 1.12 bits per heavy atom. The highest BCUT2D eigenvalue weighted by atomic mass is 28.4. The van der Waals surface area contributed by atoms with Crippen LogP contribution in [0, 0.1) is 0 Å². The van der Waals surface area contributed by atoms with Crippen LogP contribution in [0.15, 0.2) is 36.4 Å². The SMILES string of the molecule is CO[Si](C)(OC)C(C)C=Cc1ccccc1. The zero-order chi connectivity index (χ0) is 12.0. The van der Waals surface area contributed by atoms with Gasteiger partial charge in [-0.05, 0) is 12.1 Å². The third-order valence-corrected chi connectivity index (χ3v) is 6.48. The monoisotopic (exact) mass is 236 g/mol. The lowest BCUT2D eigenvalue weighted by atomic mass is 10.2. The van der Waals surface area contributed by atoms with Gasteiger partial charge in [0.05, 0.1) is 0 Å². The minimum absolute atomic E-state index is 0.322. The molecule has 0 amide bonds. The summed E-state index contributed by atoms with van der Waals surface area (Å²) in [5, 5.41) is 0. The lowest BCUT2D eigenvalue weighted by Gasteiger charge is -2.27. The molecule has 0 radical (unpaired) electrons. The lowest BCUT2D eigenvalue weighted by Crippen LogP contribution is -2.39. The first-order chi connectivity index (χ1) is 7.62. The molecule has 1 unspecified atom stereocenters. The maximum Gasteiger partial charge on any atom is 0.341 e. The summed E-state index contributed by atoms with van der Waals surface area (Å²) in [5.41, 5.74) is 1.53. The van der Waals surface area contributed by atoms with Crippen molar-refractivity contribution in [3.8, 4) is 0 Å². The van der Waals surface area contributed by atoms with Crippen LogP contribution in [-0.2, 0) is 8.85 Å². The average molecular weight is 236 g/mol. The second kappa shape index (κ2) is 5.99. The van der Waals surface area contributed by atoms with Crippen LogP contribution in [-0.4, -0.2) is 22.8 Å². The molecule has 1 atom stereocenters. The van der Waals surface area contributed by atoms with Gasteiger partial charge in [-0.15, -0.1) is 0 Å². The Kier molecular flexibility index (Phi) is 4.93. The van der Waals surface area contributed by atoms with E-state index in [1.807, 2.05) is 18.2 Å². The number of benzene rings is 1. The molecule has 0 aromatic heterocycles. The van der Waals surface area contributed by atoms with E-state index in [1.165, 1.54) is 5.56 Å². The Bertz CT molecular complexity index is 331. The zero-order valence-corrected chi connectivity index (χ0v) is 11.4. The fourth-order valence-electron chi connectivity index (χ4n) is 1.45. The first-order valence-electron chi connectivity index (χ1n) is 5.46. The summed E-state index contributed by atoms with van der Waals surface area (Å²) in [7, 11) is 1.41. The number of hydrogen-bond donors (Lipinski definition) is 0. The summed E-state index contributed by atoms with van der Waals surface area (Å²) in [6.07, 6.45) is 4.28. The van der Waals surface area contributed by atoms with Gasteiger partial charge in [0, 0.05) is 19.8 Å². The van der Waals surface area contributed by atoms with E-state index in [1.54, 1.807) is 14.2 Å². The fraction of sp³-hybridized carbons (Fsp3) is 0.385. The van der Waals surface area contributed by atoms with Crippen LogP contribution in [0.5, 0.6) is 0 Å². The summed E-state index contributed by atoms with van der Waals surface area (Å²) >= 11 is 0. The van der Waals surface area contributed by atoms with E-state index in [4.69, 9.17) is 8.85 Å². The van der Waals surface area contributed by atoms with E-state index in [-0.39, 0.29) is 0 Å². The first kappa shape index (κ1) is 13.2. The molecule has 0 heterocycles. The van der Waals surface area contributed by atoms with Gasteiger partial charge in [0.15, 0.2) is 0 Å². The van der Waals surface area contributed by atoms with Crippen molar-refractivity contribution < 1.29 is 8.85 Å². The van der Waals surface area contributed by atoms with Gasteiger partial charge in [-0.25, -0.2) is 0 Å². The molecule has 1 aromatic carbocycles. The van der Waals surface area contributed by atoms with Crippen LogP contribution in [0.2, 0.25) is 12.1 Å². The van der Waals surface area contributed by atoms with Crippen molar-refractivity contribution in [3.63, 3.8) is 0 Å². The molecule has 2 nitrogen and oxygen atoms in total. The molecule has 0 aliphatic carbocycles. The highest BCUT2D eigenvalue weighted by Gasteiger charge is 2.34. The summed E-state index contributed by atoms with van der Waals surface area (Å²) in [6, 6.07) is 10.3. The van der Waals surface area contributed by atoms with Crippen LogP contribution >= 0.6 is 0 Å². The van der Waals surface area contributed by atoms with Crippen molar-refractivity contribution >= 4 is 14.6 Å². The van der Waals surface area contributed by atoms with E-state index in [0.717, 1.165) is 0 Å². The number of rotatable bonds is 5. The van der Waals surface area contributed by atoms with Crippen molar-refractivity contribution in [3.05, 3.63) is 42.0 Å². The smallest absolute Gasteiger partial charge is 0.341 e. The first-order valence-corrected chi connectivity index (χ1v) is 7.85. The Balaban J connectivity index is 2.71. The topological polar surface area (TPSA) is 18.5 Å². The van der Waals surface area contributed by atoms with Gasteiger partial charge in [-0.2, -0.15) is 0 Å². The minimum Gasteiger partial charge on any atom is -0.397 e. The molecule has 0 aliphatic rings. The Morgan fingerprint density at radius 2 is 1.69 bits per heavy atom. The van der Waals surface area contributed by atoms with E-state index in [9.17, 15) is 0 Å². The molecule has 0 saturated carbocycles. The van der Waals surface area contributed by atoms with Crippen LogP contribution in [0.4, 0.5) is 0 Å². The number of allylic oxidation sites excluding steroid dienone is 1. The highest BCUT2D eigenvalue weighted by molar-refractivity contribution is 6.68. The van der Waals surface area contributed by atoms with Gasteiger partial charge < -0.3 is 8.85 Å². The van der Waals surface area contributed by atoms with Gasteiger partial charge in [-0.1, -0.05) is 49.4 Å². The van der Waals surface area contributed by atoms with E-state index >= 15 is 0 Å². The largest absolute Gasteiger partial charge is 0.397 e.